The SMILES string of the molecule is CC(=O)c1c(C)[nH]c(C(=O)NCCN2CC=C(C(C)(C)C)CC2)c1C. The summed E-state index contributed by atoms with van der Waals surface area (Å²) in [5.41, 5.74) is 4.38. The maximum atomic E-state index is 12.4. The Morgan fingerprint density at radius 3 is 2.44 bits per heavy atom. The first-order valence-electron chi connectivity index (χ1n) is 9.01. The Balaban J connectivity index is 1.87. The van der Waals surface area contributed by atoms with Crippen LogP contribution in [0.3, 0.4) is 0 Å². The molecule has 0 unspecified atom stereocenters. The minimum atomic E-state index is -0.143. The molecule has 138 valence electrons. The molecule has 1 amide bonds. The van der Waals surface area contributed by atoms with Crippen molar-refractivity contribution in [2.45, 2.75) is 48.0 Å². The van der Waals surface area contributed by atoms with E-state index in [9.17, 15) is 9.59 Å². The van der Waals surface area contributed by atoms with E-state index < -0.39 is 0 Å². The third-order valence-corrected chi connectivity index (χ3v) is 4.99. The Morgan fingerprint density at radius 2 is 1.96 bits per heavy atom. The number of Topliss-reactive ketones (excluding diaryl/α,β-unsaturated/α-hetero) is 1. The number of carbonyl (C=O) groups is 2. The van der Waals surface area contributed by atoms with Gasteiger partial charge in [-0.2, -0.15) is 0 Å². The molecule has 0 aromatic carbocycles. The number of nitrogens with one attached hydrogen (secondary N) is 2. The standard InChI is InChI=1S/C20H31N3O2/c1-13-17(15(3)24)14(2)22-18(13)19(25)21-9-12-23-10-7-16(8-11-23)20(4,5)6/h7,22H,8-12H2,1-6H3,(H,21,25). The minimum Gasteiger partial charge on any atom is -0.354 e. The first kappa shape index (κ1) is 19.4. The van der Waals surface area contributed by atoms with Crippen molar-refractivity contribution in [1.29, 1.82) is 0 Å². The zero-order valence-corrected chi connectivity index (χ0v) is 16.4. The summed E-state index contributed by atoms with van der Waals surface area (Å²) >= 11 is 0. The van der Waals surface area contributed by atoms with Crippen LogP contribution >= 0.6 is 0 Å². The van der Waals surface area contributed by atoms with Crippen molar-refractivity contribution < 1.29 is 9.59 Å². The average Bonchev–Trinajstić information content (AvgIpc) is 2.81. The van der Waals surface area contributed by atoms with Gasteiger partial charge in [0.2, 0.25) is 0 Å². The molecule has 0 spiro atoms. The first-order chi connectivity index (χ1) is 11.6. The summed E-state index contributed by atoms with van der Waals surface area (Å²) in [6.07, 6.45) is 3.41. The monoisotopic (exact) mass is 345 g/mol. The van der Waals surface area contributed by atoms with Crippen LogP contribution in [0.25, 0.3) is 0 Å². The van der Waals surface area contributed by atoms with Gasteiger partial charge in [0.25, 0.3) is 5.91 Å². The molecule has 1 aliphatic rings. The van der Waals surface area contributed by atoms with E-state index in [0.29, 0.717) is 17.8 Å². The summed E-state index contributed by atoms with van der Waals surface area (Å²) in [7, 11) is 0. The number of hydrogen-bond acceptors (Lipinski definition) is 3. The lowest BCUT2D eigenvalue weighted by Crippen LogP contribution is -2.38. The lowest BCUT2D eigenvalue weighted by molar-refractivity contribution is 0.0943. The second-order valence-electron chi connectivity index (χ2n) is 7.97. The minimum absolute atomic E-state index is 0.0138. The number of hydrogen-bond donors (Lipinski definition) is 2. The topological polar surface area (TPSA) is 65.2 Å². The normalized spacial score (nSPS) is 15.8. The van der Waals surface area contributed by atoms with Crippen LogP contribution in [-0.2, 0) is 0 Å². The fourth-order valence-electron chi connectivity index (χ4n) is 3.52. The lowest BCUT2D eigenvalue weighted by atomic mass is 9.83. The number of amides is 1. The van der Waals surface area contributed by atoms with Crippen LogP contribution in [0.2, 0.25) is 0 Å². The molecule has 2 N–H and O–H groups in total. The van der Waals surface area contributed by atoms with Gasteiger partial charge in [0.1, 0.15) is 5.69 Å². The van der Waals surface area contributed by atoms with E-state index in [2.05, 4.69) is 42.0 Å². The van der Waals surface area contributed by atoms with Crippen molar-refractivity contribution in [2.75, 3.05) is 26.2 Å². The Labute approximate surface area is 150 Å². The van der Waals surface area contributed by atoms with Crippen molar-refractivity contribution in [1.82, 2.24) is 15.2 Å². The summed E-state index contributed by atoms with van der Waals surface area (Å²) in [4.78, 5) is 29.5. The molecule has 0 fully saturated rings. The van der Waals surface area contributed by atoms with Gasteiger partial charge in [-0.1, -0.05) is 32.4 Å². The van der Waals surface area contributed by atoms with E-state index >= 15 is 0 Å². The van der Waals surface area contributed by atoms with Crippen LogP contribution in [0.1, 0.15) is 66.2 Å². The first-order valence-corrected chi connectivity index (χ1v) is 9.01. The number of rotatable bonds is 5. The molecular formula is C20H31N3O2. The van der Waals surface area contributed by atoms with Gasteiger partial charge in [-0.15, -0.1) is 0 Å². The molecule has 1 aromatic rings. The third kappa shape index (κ3) is 4.60. The molecule has 2 heterocycles. The molecule has 0 atom stereocenters. The van der Waals surface area contributed by atoms with Crippen molar-refractivity contribution in [3.63, 3.8) is 0 Å². The molecule has 25 heavy (non-hydrogen) atoms. The quantitative estimate of drug-likeness (QED) is 0.636. The zero-order chi connectivity index (χ0) is 18.8. The number of aromatic amines is 1. The molecule has 5 nitrogen and oxygen atoms in total. The summed E-state index contributed by atoms with van der Waals surface area (Å²) in [5, 5.41) is 2.96. The molecule has 0 aliphatic carbocycles. The number of H-pyrrole nitrogens is 1. The number of nitrogens with zero attached hydrogens (tertiary/aromatic N) is 1. The van der Waals surface area contributed by atoms with Gasteiger partial charge in [0, 0.05) is 37.4 Å². The average molecular weight is 345 g/mol. The molecule has 0 radical (unpaired) electrons. The zero-order valence-electron chi connectivity index (χ0n) is 16.4. The van der Waals surface area contributed by atoms with Gasteiger partial charge in [0.15, 0.2) is 5.78 Å². The molecule has 1 aliphatic heterocycles. The smallest absolute Gasteiger partial charge is 0.268 e. The fraction of sp³-hybridized carbons (Fsp3) is 0.600. The van der Waals surface area contributed by atoms with Gasteiger partial charge in [-0.3, -0.25) is 14.5 Å². The number of aryl methyl sites for hydroxylation is 1. The number of aromatic nitrogens is 1. The van der Waals surface area contributed by atoms with Crippen LogP contribution in [0.5, 0.6) is 0 Å². The highest BCUT2D eigenvalue weighted by Gasteiger charge is 2.22. The Kier molecular flexibility index (Phi) is 5.88. The van der Waals surface area contributed by atoms with E-state index in [4.69, 9.17) is 0 Å². The van der Waals surface area contributed by atoms with E-state index in [1.165, 1.54) is 12.5 Å². The molecule has 0 bridgehead atoms. The predicted molar refractivity (Wildman–Crippen MR) is 101 cm³/mol. The van der Waals surface area contributed by atoms with E-state index in [1.54, 1.807) is 0 Å². The highest BCUT2D eigenvalue weighted by Crippen LogP contribution is 2.29. The van der Waals surface area contributed by atoms with E-state index in [-0.39, 0.29) is 17.1 Å². The van der Waals surface area contributed by atoms with Crippen molar-refractivity contribution in [3.05, 3.63) is 34.2 Å². The van der Waals surface area contributed by atoms with E-state index in [1.807, 2.05) is 13.8 Å². The van der Waals surface area contributed by atoms with Gasteiger partial charge >= 0.3 is 0 Å². The maximum Gasteiger partial charge on any atom is 0.268 e. The molecule has 5 heteroatoms. The highest BCUT2D eigenvalue weighted by atomic mass is 16.2. The van der Waals surface area contributed by atoms with Crippen LogP contribution in [0.15, 0.2) is 11.6 Å². The van der Waals surface area contributed by atoms with Gasteiger partial charge in [-0.25, -0.2) is 0 Å². The molecule has 2 rings (SSSR count). The van der Waals surface area contributed by atoms with Crippen molar-refractivity contribution in [3.8, 4) is 0 Å². The van der Waals surface area contributed by atoms with Crippen LogP contribution in [-0.4, -0.2) is 47.8 Å². The lowest BCUT2D eigenvalue weighted by Gasteiger charge is -2.32. The van der Waals surface area contributed by atoms with Gasteiger partial charge < -0.3 is 10.3 Å². The fourth-order valence-corrected chi connectivity index (χ4v) is 3.52. The molecular weight excluding hydrogens is 314 g/mol. The molecule has 1 aromatic heterocycles. The van der Waals surface area contributed by atoms with Crippen LogP contribution in [0, 0.1) is 19.3 Å². The Morgan fingerprint density at radius 1 is 1.28 bits per heavy atom. The molecule has 0 saturated heterocycles. The van der Waals surface area contributed by atoms with E-state index in [0.717, 1.165) is 37.3 Å². The summed E-state index contributed by atoms with van der Waals surface area (Å²) in [6.45, 7) is 15.3. The summed E-state index contributed by atoms with van der Waals surface area (Å²) in [6, 6.07) is 0. The van der Waals surface area contributed by atoms with Crippen molar-refractivity contribution >= 4 is 11.7 Å². The Hall–Kier alpha value is -1.88. The second kappa shape index (κ2) is 7.56. The number of carbonyl (C=O) groups excluding carboxylic acids is 2. The highest BCUT2D eigenvalue weighted by molar-refractivity contribution is 6.02. The third-order valence-electron chi connectivity index (χ3n) is 4.99. The summed E-state index contributed by atoms with van der Waals surface area (Å²) in [5.74, 6) is -0.156. The Bertz CT molecular complexity index is 693. The summed E-state index contributed by atoms with van der Waals surface area (Å²) < 4.78 is 0. The largest absolute Gasteiger partial charge is 0.354 e. The van der Waals surface area contributed by atoms with Crippen LogP contribution in [0.4, 0.5) is 0 Å². The maximum absolute atomic E-state index is 12.4. The second-order valence-corrected chi connectivity index (χ2v) is 7.97. The predicted octanol–water partition coefficient (Wildman–Crippen LogP) is 3.24. The van der Waals surface area contributed by atoms with Gasteiger partial charge in [-0.05, 0) is 38.2 Å². The molecule has 0 saturated carbocycles. The number of ketones is 1. The van der Waals surface area contributed by atoms with Gasteiger partial charge in [0.05, 0.1) is 0 Å². The van der Waals surface area contributed by atoms with Crippen molar-refractivity contribution in [2.24, 2.45) is 5.41 Å². The van der Waals surface area contributed by atoms with Crippen LogP contribution < -0.4 is 5.32 Å².